The molecule has 3 rings (SSSR count). The van der Waals surface area contributed by atoms with Gasteiger partial charge in [-0.1, -0.05) is 48.5 Å². The maximum Gasteiger partial charge on any atom is 0.286 e. The third-order valence-corrected chi connectivity index (χ3v) is 4.53. The van der Waals surface area contributed by atoms with Gasteiger partial charge in [0.05, 0.1) is 24.7 Å². The molecule has 0 saturated carbocycles. The van der Waals surface area contributed by atoms with E-state index in [0.717, 1.165) is 11.1 Å². The number of nitrogens with one attached hydrogen (secondary N) is 1. The zero-order chi connectivity index (χ0) is 21.5. The van der Waals surface area contributed by atoms with Gasteiger partial charge in [0.25, 0.3) is 11.6 Å². The number of hydrogen-bond acceptors (Lipinski definition) is 5. The Kier molecular flexibility index (Phi) is 6.64. The molecular formula is C23H22N2O5. The summed E-state index contributed by atoms with van der Waals surface area (Å²) in [6.07, 6.45) is 0.617. The van der Waals surface area contributed by atoms with E-state index in [-0.39, 0.29) is 22.7 Å². The minimum absolute atomic E-state index is 0.102. The largest absolute Gasteiger partial charge is 0.493 e. The van der Waals surface area contributed by atoms with Gasteiger partial charge in [0.15, 0.2) is 11.5 Å². The van der Waals surface area contributed by atoms with Crippen LogP contribution >= 0.6 is 0 Å². The number of carbonyl (C=O) groups is 1. The molecule has 30 heavy (non-hydrogen) atoms. The van der Waals surface area contributed by atoms with E-state index in [1.165, 1.54) is 19.2 Å². The highest BCUT2D eigenvalue weighted by Crippen LogP contribution is 2.35. The van der Waals surface area contributed by atoms with Crippen LogP contribution in [0.25, 0.3) is 0 Å². The minimum atomic E-state index is -0.604. The number of nitro groups is 1. The summed E-state index contributed by atoms with van der Waals surface area (Å²) in [5.41, 5.74) is 2.13. The number of carbonyl (C=O) groups excluding carboxylic acids is 1. The number of rotatable bonds is 8. The van der Waals surface area contributed by atoms with Crippen molar-refractivity contribution in [2.24, 2.45) is 0 Å². The smallest absolute Gasteiger partial charge is 0.286 e. The van der Waals surface area contributed by atoms with E-state index in [1.54, 1.807) is 19.1 Å². The number of anilines is 1. The maximum atomic E-state index is 13.0. The molecule has 7 nitrogen and oxygen atoms in total. The van der Waals surface area contributed by atoms with Crippen molar-refractivity contribution in [1.82, 2.24) is 0 Å². The van der Waals surface area contributed by atoms with Crippen LogP contribution in [0.15, 0.2) is 66.7 Å². The summed E-state index contributed by atoms with van der Waals surface area (Å²) in [5.74, 6) is -0.124. The van der Waals surface area contributed by atoms with Crippen molar-refractivity contribution in [3.05, 3.63) is 93.5 Å². The quantitative estimate of drug-likeness (QED) is 0.427. The molecule has 0 atom stereocenters. The molecule has 0 heterocycles. The third kappa shape index (κ3) is 4.75. The molecule has 1 amide bonds. The second-order valence-corrected chi connectivity index (χ2v) is 6.48. The minimum Gasteiger partial charge on any atom is -0.493 e. The van der Waals surface area contributed by atoms with Crippen LogP contribution in [0.3, 0.4) is 0 Å². The van der Waals surface area contributed by atoms with Crippen LogP contribution in [-0.2, 0) is 6.42 Å². The van der Waals surface area contributed by atoms with Crippen molar-refractivity contribution in [3.8, 4) is 11.5 Å². The standard InChI is InChI=1S/C23H22N2O5/c1-3-30-22-15-20(25(27)28)18(14-21(22)29-2)23(26)24-19-12-8-7-11-17(19)13-16-9-5-4-6-10-16/h4-12,14-15H,3,13H2,1-2H3,(H,24,26). The monoisotopic (exact) mass is 406 g/mol. The van der Waals surface area contributed by atoms with Gasteiger partial charge in [0.2, 0.25) is 0 Å². The fourth-order valence-electron chi connectivity index (χ4n) is 3.11. The predicted molar refractivity (Wildman–Crippen MR) is 114 cm³/mol. The van der Waals surface area contributed by atoms with Gasteiger partial charge in [0.1, 0.15) is 5.56 Å². The molecule has 0 fully saturated rings. The second kappa shape index (κ2) is 9.56. The molecule has 7 heteroatoms. The molecule has 0 aliphatic rings. The zero-order valence-corrected chi connectivity index (χ0v) is 16.8. The van der Waals surface area contributed by atoms with E-state index in [0.29, 0.717) is 18.7 Å². The van der Waals surface area contributed by atoms with Gasteiger partial charge in [-0.15, -0.1) is 0 Å². The van der Waals surface area contributed by atoms with Crippen molar-refractivity contribution >= 4 is 17.3 Å². The van der Waals surface area contributed by atoms with Crippen molar-refractivity contribution < 1.29 is 19.2 Å². The Morgan fingerprint density at radius 1 is 1.03 bits per heavy atom. The molecule has 154 valence electrons. The van der Waals surface area contributed by atoms with Crippen LogP contribution in [0.5, 0.6) is 11.5 Å². The molecule has 1 N–H and O–H groups in total. The predicted octanol–water partition coefficient (Wildman–Crippen LogP) is 4.85. The molecule has 0 aliphatic carbocycles. The van der Waals surface area contributed by atoms with E-state index < -0.39 is 10.8 Å². The lowest BCUT2D eigenvalue weighted by Gasteiger charge is -2.14. The van der Waals surface area contributed by atoms with E-state index in [2.05, 4.69) is 5.32 Å². The average Bonchev–Trinajstić information content (AvgIpc) is 2.75. The van der Waals surface area contributed by atoms with Gasteiger partial charge in [-0.2, -0.15) is 0 Å². The first-order valence-electron chi connectivity index (χ1n) is 9.45. The molecule has 0 bridgehead atoms. The van der Waals surface area contributed by atoms with Crippen molar-refractivity contribution in [2.45, 2.75) is 13.3 Å². The van der Waals surface area contributed by atoms with E-state index in [4.69, 9.17) is 9.47 Å². The third-order valence-electron chi connectivity index (χ3n) is 4.53. The van der Waals surface area contributed by atoms with Gasteiger partial charge >= 0.3 is 0 Å². The molecule has 0 radical (unpaired) electrons. The first-order chi connectivity index (χ1) is 14.5. The summed E-state index contributed by atoms with van der Waals surface area (Å²) >= 11 is 0. The van der Waals surface area contributed by atoms with Gasteiger partial charge in [-0.3, -0.25) is 14.9 Å². The Bertz CT molecular complexity index is 1050. The highest BCUT2D eigenvalue weighted by atomic mass is 16.6. The average molecular weight is 406 g/mol. The van der Waals surface area contributed by atoms with Crippen LogP contribution in [0.4, 0.5) is 11.4 Å². The summed E-state index contributed by atoms with van der Waals surface area (Å²) in [4.78, 5) is 23.9. The number of nitro benzene ring substituents is 1. The number of nitrogens with zero attached hydrogens (tertiary/aromatic N) is 1. The first kappa shape index (κ1) is 20.9. The Balaban J connectivity index is 1.94. The fraction of sp³-hybridized carbons (Fsp3) is 0.174. The molecule has 0 aromatic heterocycles. The number of hydrogen-bond donors (Lipinski definition) is 1. The first-order valence-corrected chi connectivity index (χ1v) is 9.45. The molecule has 0 aliphatic heterocycles. The maximum absolute atomic E-state index is 13.0. The Morgan fingerprint density at radius 2 is 1.73 bits per heavy atom. The molecule has 0 saturated heterocycles. The van der Waals surface area contributed by atoms with E-state index in [9.17, 15) is 14.9 Å². The number of para-hydroxylation sites is 1. The van der Waals surface area contributed by atoms with Crippen LogP contribution < -0.4 is 14.8 Å². The topological polar surface area (TPSA) is 90.7 Å². The molecule has 3 aromatic carbocycles. The number of ether oxygens (including phenoxy) is 2. The Morgan fingerprint density at radius 3 is 2.40 bits per heavy atom. The summed E-state index contributed by atoms with van der Waals surface area (Å²) < 4.78 is 10.6. The zero-order valence-electron chi connectivity index (χ0n) is 16.8. The molecule has 0 spiro atoms. The van der Waals surface area contributed by atoms with Gasteiger partial charge in [-0.05, 0) is 30.5 Å². The van der Waals surface area contributed by atoms with Crippen LogP contribution in [0, 0.1) is 10.1 Å². The van der Waals surface area contributed by atoms with Crippen molar-refractivity contribution in [2.75, 3.05) is 19.0 Å². The lowest BCUT2D eigenvalue weighted by atomic mass is 10.0. The normalized spacial score (nSPS) is 10.3. The summed E-state index contributed by atoms with van der Waals surface area (Å²) in [5, 5.41) is 14.4. The van der Waals surface area contributed by atoms with E-state index in [1.807, 2.05) is 42.5 Å². The highest BCUT2D eigenvalue weighted by molar-refractivity contribution is 6.08. The van der Waals surface area contributed by atoms with Crippen LogP contribution in [-0.4, -0.2) is 24.5 Å². The summed E-state index contributed by atoms with van der Waals surface area (Å²) in [6.45, 7) is 2.07. The lowest BCUT2D eigenvalue weighted by molar-refractivity contribution is -0.385. The van der Waals surface area contributed by atoms with Crippen LogP contribution in [0.1, 0.15) is 28.4 Å². The summed E-state index contributed by atoms with van der Waals surface area (Å²) in [6, 6.07) is 19.8. The summed E-state index contributed by atoms with van der Waals surface area (Å²) in [7, 11) is 1.42. The Hall–Kier alpha value is -3.87. The van der Waals surface area contributed by atoms with Gasteiger partial charge < -0.3 is 14.8 Å². The highest BCUT2D eigenvalue weighted by Gasteiger charge is 2.25. The number of methoxy groups -OCH3 is 1. The Labute approximate surface area is 174 Å². The second-order valence-electron chi connectivity index (χ2n) is 6.48. The van der Waals surface area contributed by atoms with Gasteiger partial charge in [-0.25, -0.2) is 0 Å². The number of amides is 1. The molecule has 0 unspecified atom stereocenters. The van der Waals surface area contributed by atoms with Crippen LogP contribution in [0.2, 0.25) is 0 Å². The molecular weight excluding hydrogens is 384 g/mol. The van der Waals surface area contributed by atoms with Crippen molar-refractivity contribution in [3.63, 3.8) is 0 Å². The molecule has 3 aromatic rings. The fourth-order valence-corrected chi connectivity index (χ4v) is 3.11. The van der Waals surface area contributed by atoms with Crippen molar-refractivity contribution in [1.29, 1.82) is 0 Å². The lowest BCUT2D eigenvalue weighted by Crippen LogP contribution is -2.16. The number of benzene rings is 3. The van der Waals surface area contributed by atoms with E-state index >= 15 is 0 Å². The SMILES string of the molecule is CCOc1cc([N+](=O)[O-])c(C(=O)Nc2ccccc2Cc2ccccc2)cc1OC. The van der Waals surface area contributed by atoms with Gasteiger partial charge in [0, 0.05) is 11.8 Å².